The van der Waals surface area contributed by atoms with Crippen LogP contribution in [-0.4, -0.2) is 32.1 Å². The molecule has 2 N–H and O–H groups in total. The van der Waals surface area contributed by atoms with Gasteiger partial charge in [-0.2, -0.15) is 0 Å². The second-order valence-electron chi connectivity index (χ2n) is 5.20. The van der Waals surface area contributed by atoms with E-state index in [9.17, 15) is 14.0 Å². The molecule has 5 nitrogen and oxygen atoms in total. The van der Waals surface area contributed by atoms with Gasteiger partial charge in [0.1, 0.15) is 5.82 Å². The number of benzene rings is 1. The van der Waals surface area contributed by atoms with Crippen molar-refractivity contribution >= 4 is 17.6 Å². The van der Waals surface area contributed by atoms with Gasteiger partial charge in [0.05, 0.1) is 23.8 Å². The van der Waals surface area contributed by atoms with Crippen LogP contribution in [-0.2, 0) is 9.53 Å². The predicted octanol–water partition coefficient (Wildman–Crippen LogP) is 1.94. The van der Waals surface area contributed by atoms with Gasteiger partial charge >= 0.3 is 5.97 Å². The molecule has 1 heterocycles. The first kappa shape index (κ1) is 15.4. The molecule has 21 heavy (non-hydrogen) atoms. The molecule has 1 aliphatic rings. The fraction of sp³-hybridized carbons (Fsp3) is 0.467. The van der Waals surface area contributed by atoms with E-state index in [0.717, 1.165) is 25.1 Å². The molecule has 1 aliphatic heterocycles. The highest BCUT2D eigenvalue weighted by Gasteiger charge is 2.39. The van der Waals surface area contributed by atoms with Crippen molar-refractivity contribution in [1.29, 1.82) is 0 Å². The van der Waals surface area contributed by atoms with Crippen molar-refractivity contribution in [2.24, 2.45) is 5.41 Å². The number of carbonyl (C=O) groups excluding carboxylic acids is 2. The number of hydrogen-bond donors (Lipinski definition) is 2. The predicted molar refractivity (Wildman–Crippen MR) is 76.6 cm³/mol. The van der Waals surface area contributed by atoms with Crippen molar-refractivity contribution in [1.82, 2.24) is 5.32 Å². The number of hydrogen-bond acceptors (Lipinski definition) is 4. The Hall–Kier alpha value is -1.95. The zero-order chi connectivity index (χ0) is 15.5. The Morgan fingerprint density at radius 3 is 2.81 bits per heavy atom. The number of methoxy groups -OCH3 is 1. The number of amides is 1. The number of rotatable bonds is 4. The maximum atomic E-state index is 13.4. The van der Waals surface area contributed by atoms with Crippen molar-refractivity contribution in [3.8, 4) is 0 Å². The summed E-state index contributed by atoms with van der Waals surface area (Å²) in [7, 11) is 1.24. The number of anilines is 1. The molecular formula is C15H19FN2O3. The smallest absolute Gasteiger partial charge is 0.339 e. The molecule has 1 aromatic carbocycles. The van der Waals surface area contributed by atoms with E-state index >= 15 is 0 Å². The third kappa shape index (κ3) is 3.05. The summed E-state index contributed by atoms with van der Waals surface area (Å²) in [5.74, 6) is -1.33. The monoisotopic (exact) mass is 294 g/mol. The van der Waals surface area contributed by atoms with E-state index in [4.69, 9.17) is 0 Å². The first-order valence-electron chi connectivity index (χ1n) is 6.92. The Kier molecular flexibility index (Phi) is 4.57. The molecule has 0 saturated carbocycles. The van der Waals surface area contributed by atoms with Gasteiger partial charge in [-0.15, -0.1) is 0 Å². The van der Waals surface area contributed by atoms with Gasteiger partial charge in [0.25, 0.3) is 0 Å². The minimum atomic E-state index is -0.611. The summed E-state index contributed by atoms with van der Waals surface area (Å²) in [6, 6.07) is 3.60. The molecule has 114 valence electrons. The van der Waals surface area contributed by atoms with Crippen LogP contribution in [0.4, 0.5) is 10.1 Å². The van der Waals surface area contributed by atoms with Gasteiger partial charge in [-0.05, 0) is 37.6 Å². The van der Waals surface area contributed by atoms with E-state index in [1.165, 1.54) is 13.2 Å². The minimum absolute atomic E-state index is 0.143. The van der Waals surface area contributed by atoms with Crippen molar-refractivity contribution in [3.63, 3.8) is 0 Å². The normalized spacial score (nSPS) is 21.1. The molecular weight excluding hydrogens is 275 g/mol. The lowest BCUT2D eigenvalue weighted by atomic mass is 9.83. The summed E-state index contributed by atoms with van der Waals surface area (Å²) in [6.45, 7) is 3.30. The van der Waals surface area contributed by atoms with E-state index in [1.54, 1.807) is 0 Å². The largest absolute Gasteiger partial charge is 0.465 e. The van der Waals surface area contributed by atoms with Gasteiger partial charge in [-0.3, -0.25) is 4.79 Å². The topological polar surface area (TPSA) is 67.4 Å². The average Bonchev–Trinajstić information content (AvgIpc) is 2.97. The van der Waals surface area contributed by atoms with E-state index in [0.29, 0.717) is 13.0 Å². The first-order chi connectivity index (χ1) is 10.0. The lowest BCUT2D eigenvalue weighted by molar-refractivity contribution is -0.124. The molecule has 0 spiro atoms. The number of halogens is 1. The summed E-state index contributed by atoms with van der Waals surface area (Å²) in [5.41, 5.74) is -0.226. The van der Waals surface area contributed by atoms with E-state index in [-0.39, 0.29) is 17.2 Å². The quantitative estimate of drug-likeness (QED) is 0.833. The lowest BCUT2D eigenvalue weighted by Gasteiger charge is -2.25. The van der Waals surface area contributed by atoms with E-state index in [2.05, 4.69) is 15.4 Å². The van der Waals surface area contributed by atoms with Crippen LogP contribution in [0.1, 0.15) is 30.1 Å². The molecule has 1 unspecified atom stereocenters. The average molecular weight is 294 g/mol. The van der Waals surface area contributed by atoms with E-state index < -0.39 is 17.2 Å². The maximum absolute atomic E-state index is 13.4. The molecule has 0 radical (unpaired) electrons. The Bertz CT molecular complexity index is 554. The van der Waals surface area contributed by atoms with Gasteiger partial charge < -0.3 is 15.4 Å². The third-order valence-corrected chi connectivity index (χ3v) is 4.04. The summed E-state index contributed by atoms with van der Waals surface area (Å²) in [4.78, 5) is 24.2. The molecule has 0 bridgehead atoms. The molecule has 1 atom stereocenters. The number of ether oxygens (including phenoxy) is 1. The summed E-state index contributed by atoms with van der Waals surface area (Å²) >= 11 is 0. The van der Waals surface area contributed by atoms with Crippen molar-refractivity contribution in [2.45, 2.75) is 19.8 Å². The molecule has 1 amide bonds. The van der Waals surface area contributed by atoms with Crippen LogP contribution in [0, 0.1) is 11.2 Å². The molecule has 0 aromatic heterocycles. The van der Waals surface area contributed by atoms with E-state index in [1.807, 2.05) is 6.92 Å². The molecule has 6 heteroatoms. The Morgan fingerprint density at radius 1 is 1.48 bits per heavy atom. The summed E-state index contributed by atoms with van der Waals surface area (Å²) in [5, 5.41) is 5.84. The Balaban J connectivity index is 2.28. The highest BCUT2D eigenvalue weighted by atomic mass is 19.1. The number of nitrogens with one attached hydrogen (secondary N) is 2. The van der Waals surface area contributed by atoms with Crippen molar-refractivity contribution < 1.29 is 18.7 Å². The second kappa shape index (κ2) is 6.22. The van der Waals surface area contributed by atoms with Gasteiger partial charge in [0.15, 0.2) is 0 Å². The highest BCUT2D eigenvalue weighted by molar-refractivity contribution is 6.03. The zero-order valence-electron chi connectivity index (χ0n) is 12.2. The fourth-order valence-corrected chi connectivity index (χ4v) is 2.56. The minimum Gasteiger partial charge on any atom is -0.465 e. The Morgan fingerprint density at radius 2 is 2.24 bits per heavy atom. The second-order valence-corrected chi connectivity index (χ2v) is 5.20. The number of esters is 1. The van der Waals surface area contributed by atoms with Crippen LogP contribution in [0.3, 0.4) is 0 Å². The van der Waals surface area contributed by atoms with Crippen LogP contribution in [0.5, 0.6) is 0 Å². The van der Waals surface area contributed by atoms with Crippen LogP contribution < -0.4 is 10.6 Å². The standard InChI is InChI=1S/C15H19FN2O3/c1-3-15(6-7-17-9-15)14(20)18-12-8-10(16)4-5-11(12)13(19)21-2/h4-5,8,17H,3,6-7,9H2,1-2H3,(H,18,20). The lowest BCUT2D eigenvalue weighted by Crippen LogP contribution is -2.38. The van der Waals surface area contributed by atoms with Gasteiger partial charge in [-0.25, -0.2) is 9.18 Å². The van der Waals surface area contributed by atoms with Gasteiger partial charge in [-0.1, -0.05) is 6.92 Å². The summed E-state index contributed by atoms with van der Waals surface area (Å²) < 4.78 is 18.1. The SMILES string of the molecule is CCC1(C(=O)Nc2cc(F)ccc2C(=O)OC)CCNC1. The van der Waals surface area contributed by atoms with Crippen LogP contribution in [0.2, 0.25) is 0 Å². The molecule has 0 aliphatic carbocycles. The summed E-state index contributed by atoms with van der Waals surface area (Å²) in [6.07, 6.45) is 1.40. The highest BCUT2D eigenvalue weighted by Crippen LogP contribution is 2.31. The van der Waals surface area contributed by atoms with Crippen molar-refractivity contribution in [3.05, 3.63) is 29.6 Å². The Labute approximate surface area is 122 Å². The number of carbonyl (C=O) groups is 2. The van der Waals surface area contributed by atoms with Crippen molar-refractivity contribution in [2.75, 3.05) is 25.5 Å². The van der Waals surface area contributed by atoms with Gasteiger partial charge in [0.2, 0.25) is 5.91 Å². The molecule has 1 saturated heterocycles. The fourth-order valence-electron chi connectivity index (χ4n) is 2.56. The molecule has 1 aromatic rings. The first-order valence-corrected chi connectivity index (χ1v) is 6.92. The zero-order valence-corrected chi connectivity index (χ0v) is 12.2. The molecule has 1 fully saturated rings. The van der Waals surface area contributed by atoms with Gasteiger partial charge in [0, 0.05) is 6.54 Å². The maximum Gasteiger partial charge on any atom is 0.339 e. The molecule has 2 rings (SSSR count). The van der Waals surface area contributed by atoms with Crippen LogP contribution >= 0.6 is 0 Å². The third-order valence-electron chi connectivity index (χ3n) is 4.04. The van der Waals surface area contributed by atoms with Crippen LogP contribution in [0.25, 0.3) is 0 Å². The van der Waals surface area contributed by atoms with Crippen LogP contribution in [0.15, 0.2) is 18.2 Å².